The van der Waals surface area contributed by atoms with Crippen molar-refractivity contribution in [1.82, 2.24) is 9.97 Å². The fourth-order valence-electron chi connectivity index (χ4n) is 1.60. The summed E-state index contributed by atoms with van der Waals surface area (Å²) >= 11 is 0. The highest BCUT2D eigenvalue weighted by atomic mass is 16.5. The molecule has 6 heteroatoms. The predicted molar refractivity (Wildman–Crippen MR) is 73.7 cm³/mol. The first kappa shape index (κ1) is 13.8. The molecule has 0 saturated heterocycles. The van der Waals surface area contributed by atoms with Crippen LogP contribution < -0.4 is 10.1 Å². The summed E-state index contributed by atoms with van der Waals surface area (Å²) in [6.07, 6.45) is 3.15. The molecule has 0 saturated carbocycles. The van der Waals surface area contributed by atoms with Crippen LogP contribution >= 0.6 is 0 Å². The third-order valence-electron chi connectivity index (χ3n) is 2.67. The average molecular weight is 273 g/mol. The monoisotopic (exact) mass is 273 g/mol. The molecule has 1 N–H and O–H groups in total. The van der Waals surface area contributed by atoms with Gasteiger partial charge in [-0.3, -0.25) is 4.98 Å². The highest BCUT2D eigenvalue weighted by Gasteiger charge is 2.04. The molecule has 0 aliphatic carbocycles. The van der Waals surface area contributed by atoms with E-state index in [9.17, 15) is 4.79 Å². The molecule has 0 spiro atoms. The van der Waals surface area contributed by atoms with E-state index >= 15 is 0 Å². The fourth-order valence-corrected chi connectivity index (χ4v) is 1.60. The van der Waals surface area contributed by atoms with Crippen LogP contribution in [-0.4, -0.2) is 30.2 Å². The van der Waals surface area contributed by atoms with Gasteiger partial charge in [0.2, 0.25) is 5.88 Å². The molecule has 104 valence electrons. The summed E-state index contributed by atoms with van der Waals surface area (Å²) < 4.78 is 9.64. The summed E-state index contributed by atoms with van der Waals surface area (Å²) in [5.41, 5.74) is 1.54. The molecule has 0 aliphatic rings. The Morgan fingerprint density at radius 3 is 2.60 bits per heavy atom. The molecule has 6 nitrogen and oxygen atoms in total. The summed E-state index contributed by atoms with van der Waals surface area (Å²) in [5, 5.41) is 3.13. The molecular formula is C14H15N3O3. The summed E-state index contributed by atoms with van der Waals surface area (Å²) in [4.78, 5) is 19.5. The van der Waals surface area contributed by atoms with E-state index in [1.165, 1.54) is 13.3 Å². The Morgan fingerprint density at radius 2 is 1.95 bits per heavy atom. The Kier molecular flexibility index (Phi) is 4.49. The van der Waals surface area contributed by atoms with E-state index in [2.05, 4.69) is 20.0 Å². The maximum absolute atomic E-state index is 11.3. The van der Waals surface area contributed by atoms with Crippen molar-refractivity contribution >= 4 is 11.8 Å². The van der Waals surface area contributed by atoms with Crippen LogP contribution in [0.2, 0.25) is 0 Å². The summed E-state index contributed by atoms with van der Waals surface area (Å²) in [5.74, 6) is 0.737. The zero-order valence-electron chi connectivity index (χ0n) is 11.3. The maximum atomic E-state index is 11.3. The van der Waals surface area contributed by atoms with Crippen molar-refractivity contribution in [1.29, 1.82) is 0 Å². The zero-order chi connectivity index (χ0) is 14.4. The lowest BCUT2D eigenvalue weighted by Crippen LogP contribution is -2.04. The van der Waals surface area contributed by atoms with Crippen LogP contribution in [0, 0.1) is 0 Å². The smallest absolute Gasteiger partial charge is 0.337 e. The highest BCUT2D eigenvalue weighted by Crippen LogP contribution is 2.11. The van der Waals surface area contributed by atoms with Crippen molar-refractivity contribution in [3.05, 3.63) is 47.8 Å². The molecular weight excluding hydrogens is 258 g/mol. The molecule has 2 aromatic rings. The number of hydrogen-bond donors (Lipinski definition) is 1. The Bertz CT molecular complexity index is 584. The molecule has 2 rings (SSSR count). The van der Waals surface area contributed by atoms with Crippen LogP contribution in [0.25, 0.3) is 0 Å². The van der Waals surface area contributed by atoms with Gasteiger partial charge in [0.15, 0.2) is 0 Å². The van der Waals surface area contributed by atoms with Crippen molar-refractivity contribution < 1.29 is 14.3 Å². The average Bonchev–Trinajstić information content (AvgIpc) is 2.53. The van der Waals surface area contributed by atoms with Gasteiger partial charge in [-0.25, -0.2) is 4.79 Å². The van der Waals surface area contributed by atoms with E-state index in [4.69, 9.17) is 4.74 Å². The quantitative estimate of drug-likeness (QED) is 0.838. The van der Waals surface area contributed by atoms with Gasteiger partial charge in [0, 0.05) is 6.54 Å². The number of methoxy groups -OCH3 is 2. The lowest BCUT2D eigenvalue weighted by Gasteiger charge is -2.07. The second kappa shape index (κ2) is 6.51. The Balaban J connectivity index is 1.98. The fraction of sp³-hybridized carbons (Fsp3) is 0.214. The van der Waals surface area contributed by atoms with Gasteiger partial charge >= 0.3 is 5.97 Å². The lowest BCUT2D eigenvalue weighted by atomic mass is 10.1. The van der Waals surface area contributed by atoms with Gasteiger partial charge in [0.05, 0.1) is 32.2 Å². The topological polar surface area (TPSA) is 73.3 Å². The van der Waals surface area contributed by atoms with Gasteiger partial charge in [-0.05, 0) is 17.7 Å². The third-order valence-corrected chi connectivity index (χ3v) is 2.67. The van der Waals surface area contributed by atoms with Gasteiger partial charge in [-0.15, -0.1) is 0 Å². The summed E-state index contributed by atoms with van der Waals surface area (Å²) in [6, 6.07) is 7.15. The Morgan fingerprint density at radius 1 is 1.20 bits per heavy atom. The van der Waals surface area contributed by atoms with Crippen molar-refractivity contribution in [2.45, 2.75) is 6.54 Å². The normalized spacial score (nSPS) is 9.90. The van der Waals surface area contributed by atoms with Crippen molar-refractivity contribution in [3.63, 3.8) is 0 Å². The number of rotatable bonds is 5. The second-order valence-corrected chi connectivity index (χ2v) is 3.99. The molecule has 0 radical (unpaired) electrons. The number of nitrogens with one attached hydrogen (secondary N) is 1. The number of hydrogen-bond acceptors (Lipinski definition) is 6. The number of benzene rings is 1. The zero-order valence-corrected chi connectivity index (χ0v) is 11.3. The van der Waals surface area contributed by atoms with Crippen molar-refractivity contribution in [2.24, 2.45) is 0 Å². The van der Waals surface area contributed by atoms with Crippen LogP contribution in [0.3, 0.4) is 0 Å². The van der Waals surface area contributed by atoms with E-state index in [1.807, 2.05) is 12.1 Å². The number of anilines is 1. The Labute approximate surface area is 116 Å². The van der Waals surface area contributed by atoms with Crippen LogP contribution in [0.4, 0.5) is 5.82 Å². The molecule has 1 aromatic carbocycles. The summed E-state index contributed by atoms with van der Waals surface area (Å²) in [6.45, 7) is 0.573. The predicted octanol–water partition coefficient (Wildman–Crippen LogP) is 1.88. The van der Waals surface area contributed by atoms with E-state index in [0.29, 0.717) is 23.8 Å². The molecule has 0 fully saturated rings. The maximum Gasteiger partial charge on any atom is 0.337 e. The number of carbonyl (C=O) groups excluding carboxylic acids is 1. The van der Waals surface area contributed by atoms with Crippen molar-refractivity contribution in [2.75, 3.05) is 19.5 Å². The van der Waals surface area contributed by atoms with E-state index < -0.39 is 0 Å². The SMILES string of the molecule is COC(=O)c1ccc(CNc2cncc(OC)n2)cc1. The third kappa shape index (κ3) is 3.44. The van der Waals surface area contributed by atoms with Gasteiger partial charge in [-0.2, -0.15) is 4.98 Å². The largest absolute Gasteiger partial charge is 0.480 e. The standard InChI is InChI=1S/C14H15N3O3/c1-19-13-9-15-8-12(17-13)16-7-10-3-5-11(6-4-10)14(18)20-2/h3-6,8-9H,7H2,1-2H3,(H,16,17). The molecule has 1 heterocycles. The van der Waals surface area contributed by atoms with Gasteiger partial charge in [0.25, 0.3) is 0 Å². The van der Waals surface area contributed by atoms with Crippen LogP contribution in [-0.2, 0) is 11.3 Å². The van der Waals surface area contributed by atoms with Crippen LogP contribution in [0.5, 0.6) is 5.88 Å². The van der Waals surface area contributed by atoms with Gasteiger partial charge in [-0.1, -0.05) is 12.1 Å². The van der Waals surface area contributed by atoms with Gasteiger partial charge in [0.1, 0.15) is 5.82 Å². The van der Waals surface area contributed by atoms with E-state index in [1.54, 1.807) is 25.4 Å². The molecule has 0 unspecified atom stereocenters. The lowest BCUT2D eigenvalue weighted by molar-refractivity contribution is 0.0600. The molecule has 1 aromatic heterocycles. The van der Waals surface area contributed by atoms with E-state index in [-0.39, 0.29) is 5.97 Å². The molecule has 20 heavy (non-hydrogen) atoms. The molecule has 0 bridgehead atoms. The first-order valence-electron chi connectivity index (χ1n) is 6.00. The molecule has 0 atom stereocenters. The van der Waals surface area contributed by atoms with E-state index in [0.717, 1.165) is 5.56 Å². The number of esters is 1. The minimum atomic E-state index is -0.344. The first-order chi connectivity index (χ1) is 9.72. The van der Waals surface area contributed by atoms with Crippen LogP contribution in [0.1, 0.15) is 15.9 Å². The molecule has 0 aliphatic heterocycles. The van der Waals surface area contributed by atoms with Gasteiger partial charge < -0.3 is 14.8 Å². The first-order valence-corrected chi connectivity index (χ1v) is 6.00. The Hall–Kier alpha value is -2.63. The number of nitrogens with zero attached hydrogens (tertiary/aromatic N) is 2. The minimum Gasteiger partial charge on any atom is -0.480 e. The minimum absolute atomic E-state index is 0.344. The molecule has 0 amide bonds. The highest BCUT2D eigenvalue weighted by molar-refractivity contribution is 5.89. The number of carbonyl (C=O) groups is 1. The number of ether oxygens (including phenoxy) is 2. The van der Waals surface area contributed by atoms with Crippen molar-refractivity contribution in [3.8, 4) is 5.88 Å². The second-order valence-electron chi connectivity index (χ2n) is 3.99. The number of aromatic nitrogens is 2. The summed E-state index contributed by atoms with van der Waals surface area (Å²) in [7, 11) is 2.90. The van der Waals surface area contributed by atoms with Crippen LogP contribution in [0.15, 0.2) is 36.7 Å².